The van der Waals surface area contributed by atoms with Crippen LogP contribution in [0.1, 0.15) is 23.6 Å². The van der Waals surface area contributed by atoms with Crippen molar-refractivity contribution in [1.29, 1.82) is 0 Å². The minimum Gasteiger partial charge on any atom is -0.871 e. The van der Waals surface area contributed by atoms with Gasteiger partial charge in [0.2, 0.25) is 0 Å². The number of carboxylic acids is 1. The van der Waals surface area contributed by atoms with Crippen LogP contribution in [-0.2, 0) is 11.8 Å². The normalized spacial score (nSPS) is 10.8. The molecule has 9 nitrogen and oxygen atoms in total. The summed E-state index contributed by atoms with van der Waals surface area (Å²) in [4.78, 5) is 36.2. The third kappa shape index (κ3) is 7.86. The van der Waals surface area contributed by atoms with Crippen molar-refractivity contribution in [3.63, 3.8) is 0 Å². The van der Waals surface area contributed by atoms with Crippen LogP contribution in [-0.4, -0.2) is 23.7 Å². The third-order valence-corrected chi connectivity index (χ3v) is 5.13. The van der Waals surface area contributed by atoms with Crippen LogP contribution in [0.5, 0.6) is 11.5 Å². The van der Waals surface area contributed by atoms with Crippen LogP contribution >= 0.6 is 0 Å². The maximum absolute atomic E-state index is 12.6. The van der Waals surface area contributed by atoms with Crippen LogP contribution in [0.2, 0.25) is 0 Å². The minimum atomic E-state index is -1.37. The van der Waals surface area contributed by atoms with Crippen molar-refractivity contribution in [2.24, 2.45) is 7.05 Å². The maximum Gasteiger partial charge on any atom is 1.00 e. The molecule has 0 fully saturated rings. The van der Waals surface area contributed by atoms with Crippen molar-refractivity contribution >= 4 is 17.7 Å². The van der Waals surface area contributed by atoms with E-state index in [-0.39, 0.29) is 64.7 Å². The number of aryl methyl sites for hydroxylation is 2. The SMILES string of the molecule is COc1ccc(-c2cccc([C@H](CC(=O)[O-])NC(=O)Nc3c([O-])c(C)cn(C)c3=O)c2)cc1.[Na+].[Na+]. The molecule has 0 spiro atoms. The zero-order valence-corrected chi connectivity index (χ0v) is 24.4. The summed E-state index contributed by atoms with van der Waals surface area (Å²) in [5.74, 6) is -1.28. The first kappa shape index (κ1) is 30.8. The van der Waals surface area contributed by atoms with E-state index in [1.165, 1.54) is 24.7 Å². The fourth-order valence-corrected chi connectivity index (χ4v) is 3.43. The first-order valence-electron chi connectivity index (χ1n) is 10.1. The molecule has 2 amide bonds. The Labute approximate surface area is 247 Å². The number of hydrogen-bond donors (Lipinski definition) is 2. The van der Waals surface area contributed by atoms with Gasteiger partial charge in [-0.1, -0.05) is 36.1 Å². The van der Waals surface area contributed by atoms with Crippen molar-refractivity contribution in [2.75, 3.05) is 12.4 Å². The van der Waals surface area contributed by atoms with Crippen LogP contribution in [0.4, 0.5) is 10.5 Å². The molecule has 0 saturated heterocycles. The fraction of sp³-hybridized carbons (Fsp3) is 0.208. The van der Waals surface area contributed by atoms with Crippen molar-refractivity contribution in [2.45, 2.75) is 19.4 Å². The van der Waals surface area contributed by atoms with Gasteiger partial charge in [-0.25, -0.2) is 4.79 Å². The molecule has 0 aliphatic carbocycles. The van der Waals surface area contributed by atoms with Gasteiger partial charge in [0.25, 0.3) is 5.56 Å². The molecule has 35 heavy (non-hydrogen) atoms. The molecule has 0 saturated carbocycles. The summed E-state index contributed by atoms with van der Waals surface area (Å²) in [5, 5.41) is 28.4. The van der Waals surface area contributed by atoms with Gasteiger partial charge < -0.3 is 34.9 Å². The van der Waals surface area contributed by atoms with E-state index >= 15 is 0 Å². The standard InChI is InChI=1S/C24H25N3O6.2Na/c1-14-13-27(2)23(31)21(22(14)30)26-24(32)25-19(12-20(28)29)17-6-4-5-16(11-17)15-7-9-18(33-3)10-8-15;;/h4-11,13,19,30H,12H2,1-3H3,(H,28,29)(H2,25,26,32);;/q;2*+1/p-2/t19-;;/m0../s1. The van der Waals surface area contributed by atoms with Crippen molar-refractivity contribution in [3.05, 3.63) is 76.2 Å². The van der Waals surface area contributed by atoms with Crippen molar-refractivity contribution in [3.8, 4) is 22.6 Å². The number of carbonyl (C=O) groups is 2. The van der Waals surface area contributed by atoms with E-state index in [9.17, 15) is 24.6 Å². The maximum atomic E-state index is 12.6. The third-order valence-electron chi connectivity index (χ3n) is 5.13. The number of nitrogens with one attached hydrogen (secondary N) is 2. The summed E-state index contributed by atoms with van der Waals surface area (Å²) in [7, 11) is 3.03. The summed E-state index contributed by atoms with van der Waals surface area (Å²) in [6.07, 6.45) is 0.868. The number of methoxy groups -OCH3 is 1. The Morgan fingerprint density at radius 2 is 1.74 bits per heavy atom. The fourth-order valence-electron chi connectivity index (χ4n) is 3.43. The molecule has 2 N–H and O–H groups in total. The predicted octanol–water partition coefficient (Wildman–Crippen LogP) is -4.55. The molecule has 0 aliphatic rings. The number of carbonyl (C=O) groups excluding carboxylic acids is 2. The number of urea groups is 1. The molecule has 2 aromatic carbocycles. The van der Waals surface area contributed by atoms with E-state index in [2.05, 4.69) is 10.6 Å². The van der Waals surface area contributed by atoms with Crippen LogP contribution in [0.15, 0.2) is 59.5 Å². The second kappa shape index (κ2) is 13.7. The number of aromatic nitrogens is 1. The smallest absolute Gasteiger partial charge is 0.871 e. The topological polar surface area (TPSA) is 136 Å². The van der Waals surface area contributed by atoms with Gasteiger partial charge in [-0.2, -0.15) is 0 Å². The number of rotatable bonds is 7. The number of carboxylic acid groups (broad SMARTS) is 1. The Bertz CT molecular complexity index is 1240. The van der Waals surface area contributed by atoms with E-state index in [0.29, 0.717) is 11.3 Å². The van der Waals surface area contributed by atoms with E-state index in [1.807, 2.05) is 18.2 Å². The molecular formula is C24H23N3Na2O6. The average Bonchev–Trinajstić information content (AvgIpc) is 2.80. The molecule has 0 radical (unpaired) electrons. The van der Waals surface area contributed by atoms with E-state index in [1.54, 1.807) is 37.4 Å². The van der Waals surface area contributed by atoms with Crippen LogP contribution in [0.3, 0.4) is 0 Å². The zero-order valence-electron chi connectivity index (χ0n) is 20.4. The second-order valence-electron chi connectivity index (χ2n) is 7.51. The predicted molar refractivity (Wildman–Crippen MR) is 119 cm³/mol. The van der Waals surface area contributed by atoms with Crippen LogP contribution in [0.25, 0.3) is 11.1 Å². The van der Waals surface area contributed by atoms with Gasteiger partial charge in [-0.15, -0.1) is 0 Å². The number of amides is 2. The van der Waals surface area contributed by atoms with Gasteiger partial charge in [-0.05, 0) is 47.4 Å². The Morgan fingerprint density at radius 3 is 2.34 bits per heavy atom. The number of ether oxygens (including phenoxy) is 1. The number of aliphatic carboxylic acids is 1. The van der Waals surface area contributed by atoms with Gasteiger partial charge >= 0.3 is 65.1 Å². The molecule has 11 heteroatoms. The monoisotopic (exact) mass is 495 g/mol. The number of benzene rings is 2. The Morgan fingerprint density at radius 1 is 1.09 bits per heavy atom. The summed E-state index contributed by atoms with van der Waals surface area (Å²) in [5.41, 5.74) is 1.39. The Hall–Kier alpha value is -2.27. The van der Waals surface area contributed by atoms with Gasteiger partial charge in [0, 0.05) is 25.6 Å². The quantitative estimate of drug-likeness (QED) is 0.317. The number of nitrogens with zero attached hydrogens (tertiary/aromatic N) is 1. The molecule has 0 aliphatic heterocycles. The van der Waals surface area contributed by atoms with E-state index < -0.39 is 41.5 Å². The average molecular weight is 495 g/mol. The summed E-state index contributed by atoms with van der Waals surface area (Å²) < 4.78 is 6.35. The second-order valence-corrected chi connectivity index (χ2v) is 7.51. The van der Waals surface area contributed by atoms with E-state index in [4.69, 9.17) is 4.74 Å². The summed E-state index contributed by atoms with van der Waals surface area (Å²) in [6.45, 7) is 1.52. The molecule has 0 unspecified atom stereocenters. The first-order valence-corrected chi connectivity index (χ1v) is 10.1. The van der Waals surface area contributed by atoms with Gasteiger partial charge in [0.1, 0.15) is 11.4 Å². The van der Waals surface area contributed by atoms with Gasteiger partial charge in [0.15, 0.2) is 0 Å². The van der Waals surface area contributed by atoms with Crippen molar-refractivity contribution < 1.29 is 83.7 Å². The Balaban J connectivity index is 0.00000306. The summed E-state index contributed by atoms with van der Waals surface area (Å²) >= 11 is 0. The molecule has 3 aromatic rings. The van der Waals surface area contributed by atoms with Crippen LogP contribution < -0.4 is 90.3 Å². The zero-order chi connectivity index (χ0) is 24.1. The molecule has 3 rings (SSSR count). The molecule has 0 bridgehead atoms. The van der Waals surface area contributed by atoms with Crippen LogP contribution in [0, 0.1) is 6.92 Å². The van der Waals surface area contributed by atoms with Gasteiger partial charge in [-0.3, -0.25) is 4.79 Å². The molecule has 172 valence electrons. The molecule has 1 heterocycles. The molecule has 1 atom stereocenters. The molecular weight excluding hydrogens is 472 g/mol. The van der Waals surface area contributed by atoms with Gasteiger partial charge in [0.05, 0.1) is 13.2 Å². The van der Waals surface area contributed by atoms with Crippen molar-refractivity contribution in [1.82, 2.24) is 9.88 Å². The molecule has 1 aromatic heterocycles. The van der Waals surface area contributed by atoms with E-state index in [0.717, 1.165) is 11.1 Å². The number of hydrogen-bond acceptors (Lipinski definition) is 6. The number of pyridine rings is 1. The minimum absolute atomic E-state index is 0. The first-order chi connectivity index (χ1) is 15.7. The largest absolute Gasteiger partial charge is 1.00 e. The Kier molecular flexibility index (Phi) is 12.1. The number of anilines is 1. The summed E-state index contributed by atoms with van der Waals surface area (Å²) in [6, 6.07) is 12.5.